The molecule has 1 amide bonds. The summed E-state index contributed by atoms with van der Waals surface area (Å²) >= 11 is 0. The molecule has 2 rings (SSSR count). The lowest BCUT2D eigenvalue weighted by atomic mass is 10.1. The van der Waals surface area contributed by atoms with Gasteiger partial charge in [-0.05, 0) is 5.41 Å². The number of nitrogens with zero attached hydrogens (tertiary/aromatic N) is 1. The van der Waals surface area contributed by atoms with Gasteiger partial charge in [0.2, 0.25) is 5.91 Å². The monoisotopic (exact) mass is 243 g/mol. The van der Waals surface area contributed by atoms with E-state index in [9.17, 15) is 19.8 Å². The van der Waals surface area contributed by atoms with E-state index < -0.39 is 35.4 Å². The number of rotatable bonds is 2. The lowest BCUT2D eigenvalue weighted by molar-refractivity contribution is -0.141. The molecule has 96 valence electrons. The van der Waals surface area contributed by atoms with Crippen LogP contribution in [0.4, 0.5) is 0 Å². The minimum Gasteiger partial charge on any atom is -0.481 e. The number of β-amino-alcohol motifs (C(OH)–C–C–N with tert-alkyl or cyclic N) is 2. The Morgan fingerprint density at radius 3 is 1.94 bits per heavy atom. The molecule has 0 aromatic rings. The number of carbonyl (C=O) groups excluding carboxylic acids is 1. The number of aliphatic hydroxyl groups is 2. The average Bonchev–Trinajstić information content (AvgIpc) is 2.63. The number of aliphatic hydroxyl groups excluding tert-OH is 2. The lowest BCUT2D eigenvalue weighted by Crippen LogP contribution is -2.32. The highest BCUT2D eigenvalue weighted by atomic mass is 16.4. The molecule has 0 radical (unpaired) electrons. The molecule has 0 bridgehead atoms. The van der Waals surface area contributed by atoms with Crippen LogP contribution in [-0.4, -0.2) is 57.4 Å². The van der Waals surface area contributed by atoms with Crippen LogP contribution in [0.25, 0.3) is 0 Å². The van der Waals surface area contributed by atoms with Gasteiger partial charge in [0.1, 0.15) is 0 Å². The number of hydrogen-bond acceptors (Lipinski definition) is 4. The number of amides is 1. The molecule has 2 fully saturated rings. The third kappa shape index (κ3) is 1.81. The molecule has 0 unspecified atom stereocenters. The maximum absolute atomic E-state index is 12.1. The van der Waals surface area contributed by atoms with Crippen LogP contribution >= 0.6 is 0 Å². The van der Waals surface area contributed by atoms with Crippen LogP contribution in [-0.2, 0) is 9.59 Å². The second-order valence-corrected chi connectivity index (χ2v) is 5.49. The Hall–Kier alpha value is -1.14. The van der Waals surface area contributed by atoms with Crippen LogP contribution in [0.15, 0.2) is 0 Å². The molecule has 4 atom stereocenters. The number of carboxylic acids is 1. The maximum atomic E-state index is 12.1. The first kappa shape index (κ1) is 12.3. The standard InChI is InChI=1S/C11H17NO5/c1-11(2)7(8(11)10(16)17)9(15)12-3-5(13)6(14)4-12/h5-8,13-14H,3-4H2,1-2H3,(H,16,17)/t5-,6+,7-,8+/m1/s1. The Kier molecular flexibility index (Phi) is 2.67. The van der Waals surface area contributed by atoms with Gasteiger partial charge in [-0.3, -0.25) is 9.59 Å². The van der Waals surface area contributed by atoms with Crippen LogP contribution in [0, 0.1) is 17.3 Å². The Bertz CT molecular complexity index is 357. The summed E-state index contributed by atoms with van der Waals surface area (Å²) in [5.74, 6) is -2.45. The van der Waals surface area contributed by atoms with Gasteiger partial charge in [0.05, 0.1) is 24.0 Å². The molecule has 6 nitrogen and oxygen atoms in total. The third-order valence-corrected chi connectivity index (χ3v) is 3.93. The van der Waals surface area contributed by atoms with E-state index >= 15 is 0 Å². The Morgan fingerprint density at radius 2 is 1.59 bits per heavy atom. The van der Waals surface area contributed by atoms with Gasteiger partial charge >= 0.3 is 5.97 Å². The third-order valence-electron chi connectivity index (χ3n) is 3.93. The first-order valence-electron chi connectivity index (χ1n) is 5.64. The van der Waals surface area contributed by atoms with Crippen molar-refractivity contribution in [1.82, 2.24) is 4.90 Å². The van der Waals surface area contributed by atoms with Crippen molar-refractivity contribution in [2.24, 2.45) is 17.3 Å². The summed E-state index contributed by atoms with van der Waals surface area (Å²) in [6.45, 7) is 3.66. The topological polar surface area (TPSA) is 98.1 Å². The smallest absolute Gasteiger partial charge is 0.307 e. The van der Waals surface area contributed by atoms with Crippen molar-refractivity contribution in [3.05, 3.63) is 0 Å². The van der Waals surface area contributed by atoms with E-state index in [0.29, 0.717) is 0 Å². The zero-order valence-electron chi connectivity index (χ0n) is 9.83. The Labute approximate surface area is 98.8 Å². The molecule has 0 aromatic carbocycles. The van der Waals surface area contributed by atoms with Crippen molar-refractivity contribution in [1.29, 1.82) is 0 Å². The van der Waals surface area contributed by atoms with Crippen LogP contribution in [0.2, 0.25) is 0 Å². The summed E-state index contributed by atoms with van der Waals surface area (Å²) in [5.41, 5.74) is -0.540. The van der Waals surface area contributed by atoms with E-state index in [1.165, 1.54) is 4.90 Å². The summed E-state index contributed by atoms with van der Waals surface area (Å²) in [6, 6.07) is 0. The van der Waals surface area contributed by atoms with E-state index in [-0.39, 0.29) is 19.0 Å². The Morgan fingerprint density at radius 1 is 1.12 bits per heavy atom. The molecule has 1 saturated carbocycles. The van der Waals surface area contributed by atoms with Crippen molar-refractivity contribution in [2.45, 2.75) is 26.1 Å². The van der Waals surface area contributed by atoms with E-state index in [2.05, 4.69) is 0 Å². The molecular weight excluding hydrogens is 226 g/mol. The van der Waals surface area contributed by atoms with Crippen LogP contribution < -0.4 is 0 Å². The quantitative estimate of drug-likeness (QED) is 0.572. The number of carboxylic acid groups (broad SMARTS) is 1. The van der Waals surface area contributed by atoms with Crippen molar-refractivity contribution < 1.29 is 24.9 Å². The fraction of sp³-hybridized carbons (Fsp3) is 0.818. The van der Waals surface area contributed by atoms with Crippen molar-refractivity contribution in [2.75, 3.05) is 13.1 Å². The van der Waals surface area contributed by atoms with E-state index in [1.807, 2.05) is 0 Å². The number of carbonyl (C=O) groups is 2. The molecule has 1 saturated heterocycles. The number of aliphatic carboxylic acids is 1. The van der Waals surface area contributed by atoms with Gasteiger partial charge in [-0.15, -0.1) is 0 Å². The molecule has 3 N–H and O–H groups in total. The summed E-state index contributed by atoms with van der Waals surface area (Å²) in [5, 5.41) is 27.7. The van der Waals surface area contributed by atoms with Crippen molar-refractivity contribution in [3.63, 3.8) is 0 Å². The first-order valence-corrected chi connectivity index (χ1v) is 5.64. The lowest BCUT2D eigenvalue weighted by Gasteiger charge is -2.16. The molecule has 1 aliphatic carbocycles. The summed E-state index contributed by atoms with van der Waals surface area (Å²) in [7, 11) is 0. The van der Waals surface area contributed by atoms with E-state index in [4.69, 9.17) is 5.11 Å². The van der Waals surface area contributed by atoms with Gasteiger partial charge in [0.25, 0.3) is 0 Å². The Balaban J connectivity index is 2.06. The second kappa shape index (κ2) is 3.68. The predicted molar refractivity (Wildman–Crippen MR) is 57.0 cm³/mol. The molecule has 0 aromatic heterocycles. The fourth-order valence-electron chi connectivity index (χ4n) is 2.71. The van der Waals surface area contributed by atoms with Gasteiger partial charge in [-0.1, -0.05) is 13.8 Å². The maximum Gasteiger partial charge on any atom is 0.307 e. The minimum atomic E-state index is -0.964. The van der Waals surface area contributed by atoms with Crippen LogP contribution in [0.1, 0.15) is 13.8 Å². The molecule has 6 heteroatoms. The van der Waals surface area contributed by atoms with Gasteiger partial charge in [-0.25, -0.2) is 0 Å². The number of likely N-dealkylation sites (tertiary alicyclic amines) is 1. The summed E-state index contributed by atoms with van der Waals surface area (Å²) < 4.78 is 0. The fourth-order valence-corrected chi connectivity index (χ4v) is 2.71. The van der Waals surface area contributed by atoms with Gasteiger partial charge < -0.3 is 20.2 Å². The predicted octanol–water partition coefficient (Wildman–Crippen LogP) is -1.09. The van der Waals surface area contributed by atoms with E-state index in [0.717, 1.165) is 0 Å². The number of hydrogen-bond donors (Lipinski definition) is 3. The molecular formula is C11H17NO5. The molecule has 0 spiro atoms. The first-order chi connectivity index (χ1) is 7.76. The molecule has 2 aliphatic rings. The van der Waals surface area contributed by atoms with E-state index in [1.54, 1.807) is 13.8 Å². The van der Waals surface area contributed by atoms with Gasteiger partial charge in [0.15, 0.2) is 0 Å². The summed E-state index contributed by atoms with van der Waals surface area (Å²) in [4.78, 5) is 24.4. The largest absolute Gasteiger partial charge is 0.481 e. The minimum absolute atomic E-state index is 0.0823. The second-order valence-electron chi connectivity index (χ2n) is 5.49. The normalized spacial score (nSPS) is 39.2. The molecule has 17 heavy (non-hydrogen) atoms. The highest BCUT2D eigenvalue weighted by Gasteiger charge is 2.67. The summed E-state index contributed by atoms with van der Waals surface area (Å²) in [6.07, 6.45) is -1.85. The molecule has 1 aliphatic heterocycles. The average molecular weight is 243 g/mol. The van der Waals surface area contributed by atoms with Crippen LogP contribution in [0.3, 0.4) is 0 Å². The van der Waals surface area contributed by atoms with Crippen molar-refractivity contribution >= 4 is 11.9 Å². The van der Waals surface area contributed by atoms with Gasteiger partial charge in [-0.2, -0.15) is 0 Å². The molecule has 1 heterocycles. The van der Waals surface area contributed by atoms with Gasteiger partial charge in [0, 0.05) is 13.1 Å². The zero-order chi connectivity index (χ0) is 13.0. The van der Waals surface area contributed by atoms with Crippen LogP contribution in [0.5, 0.6) is 0 Å². The zero-order valence-corrected chi connectivity index (χ0v) is 9.83. The SMILES string of the molecule is CC1(C)[C@H](C(=O)O)[C@@H]1C(=O)N1C[C@@H](O)[C@@H](O)C1. The van der Waals surface area contributed by atoms with Crippen molar-refractivity contribution in [3.8, 4) is 0 Å². The highest BCUT2D eigenvalue weighted by molar-refractivity contribution is 5.91. The highest BCUT2D eigenvalue weighted by Crippen LogP contribution is 2.59.